The number of benzene rings is 3. The summed E-state index contributed by atoms with van der Waals surface area (Å²) in [5.74, 6) is 1.79. The van der Waals surface area contributed by atoms with Gasteiger partial charge < -0.3 is 9.47 Å². The zero-order chi connectivity index (χ0) is 16.8. The molecule has 0 amide bonds. The summed E-state index contributed by atoms with van der Waals surface area (Å²) in [6.45, 7) is 5.81. The summed E-state index contributed by atoms with van der Waals surface area (Å²) >= 11 is 0. The Kier molecular flexibility index (Phi) is 5.58. The van der Waals surface area contributed by atoms with Gasteiger partial charge in [-0.05, 0) is 23.6 Å². The van der Waals surface area contributed by atoms with Gasteiger partial charge in [-0.1, -0.05) is 75.2 Å². The van der Waals surface area contributed by atoms with Gasteiger partial charge in [0.1, 0.15) is 0 Å². The van der Waals surface area contributed by atoms with E-state index in [0.717, 1.165) is 61.2 Å². The Bertz CT molecular complexity index is 739. The largest absolute Gasteiger partial charge is 0.489 e. The summed E-state index contributed by atoms with van der Waals surface area (Å²) in [7, 11) is 0. The maximum atomic E-state index is 6.20. The van der Waals surface area contributed by atoms with Crippen molar-refractivity contribution in [2.24, 2.45) is 0 Å². The van der Waals surface area contributed by atoms with E-state index < -0.39 is 0 Å². The van der Waals surface area contributed by atoms with Crippen molar-refractivity contribution in [2.75, 3.05) is 13.2 Å². The molecule has 0 bridgehead atoms. The van der Waals surface area contributed by atoms with Crippen molar-refractivity contribution >= 4 is 21.5 Å². The average molecular weight is 322 g/mol. The topological polar surface area (TPSA) is 18.5 Å². The molecule has 3 aromatic carbocycles. The fourth-order valence-electron chi connectivity index (χ4n) is 3.00. The summed E-state index contributed by atoms with van der Waals surface area (Å²) in [6.07, 6.45) is 4.35. The molecular formula is C22H26O2. The van der Waals surface area contributed by atoms with Crippen LogP contribution in [0.5, 0.6) is 11.5 Å². The van der Waals surface area contributed by atoms with Crippen molar-refractivity contribution in [3.05, 3.63) is 48.5 Å². The van der Waals surface area contributed by atoms with Gasteiger partial charge >= 0.3 is 0 Å². The van der Waals surface area contributed by atoms with E-state index in [1.54, 1.807) is 0 Å². The first-order chi connectivity index (χ1) is 11.9. The van der Waals surface area contributed by atoms with Crippen LogP contribution in [-0.2, 0) is 0 Å². The highest BCUT2D eigenvalue weighted by atomic mass is 16.5. The minimum atomic E-state index is 0.725. The quantitative estimate of drug-likeness (QED) is 0.355. The smallest absolute Gasteiger partial charge is 0.169 e. The third-order valence-electron chi connectivity index (χ3n) is 4.33. The predicted molar refractivity (Wildman–Crippen MR) is 102 cm³/mol. The van der Waals surface area contributed by atoms with E-state index in [2.05, 4.69) is 62.4 Å². The van der Waals surface area contributed by atoms with Crippen molar-refractivity contribution in [1.29, 1.82) is 0 Å². The summed E-state index contributed by atoms with van der Waals surface area (Å²) in [6, 6.07) is 16.9. The number of hydrogen-bond acceptors (Lipinski definition) is 2. The number of hydrogen-bond donors (Lipinski definition) is 0. The van der Waals surface area contributed by atoms with Crippen LogP contribution < -0.4 is 9.47 Å². The molecule has 2 nitrogen and oxygen atoms in total. The van der Waals surface area contributed by atoms with Crippen LogP contribution in [0.15, 0.2) is 48.5 Å². The van der Waals surface area contributed by atoms with E-state index >= 15 is 0 Å². The first-order valence-corrected chi connectivity index (χ1v) is 9.05. The fraction of sp³-hybridized carbons (Fsp3) is 0.364. The van der Waals surface area contributed by atoms with Gasteiger partial charge in [0.15, 0.2) is 11.5 Å². The summed E-state index contributed by atoms with van der Waals surface area (Å²) in [4.78, 5) is 0. The van der Waals surface area contributed by atoms with Gasteiger partial charge in [0.25, 0.3) is 0 Å². The van der Waals surface area contributed by atoms with Crippen LogP contribution in [0.1, 0.15) is 39.5 Å². The van der Waals surface area contributed by atoms with Gasteiger partial charge in [0, 0.05) is 10.8 Å². The van der Waals surface area contributed by atoms with Crippen molar-refractivity contribution in [3.63, 3.8) is 0 Å². The van der Waals surface area contributed by atoms with Crippen LogP contribution in [0, 0.1) is 0 Å². The van der Waals surface area contributed by atoms with Crippen LogP contribution in [0.3, 0.4) is 0 Å². The molecule has 3 rings (SSSR count). The van der Waals surface area contributed by atoms with Gasteiger partial charge in [-0.2, -0.15) is 0 Å². The highest BCUT2D eigenvalue weighted by molar-refractivity contribution is 6.13. The molecule has 24 heavy (non-hydrogen) atoms. The zero-order valence-electron chi connectivity index (χ0n) is 14.7. The van der Waals surface area contributed by atoms with E-state index in [4.69, 9.17) is 9.47 Å². The summed E-state index contributed by atoms with van der Waals surface area (Å²) in [5, 5.41) is 4.72. The number of fused-ring (bicyclic) bond motifs is 3. The Morgan fingerprint density at radius 3 is 1.33 bits per heavy atom. The zero-order valence-corrected chi connectivity index (χ0v) is 14.7. The maximum Gasteiger partial charge on any atom is 0.169 e. The number of unbranched alkanes of at least 4 members (excludes halogenated alkanes) is 2. The van der Waals surface area contributed by atoms with Gasteiger partial charge in [0.2, 0.25) is 0 Å². The molecule has 0 aliphatic carbocycles. The monoisotopic (exact) mass is 322 g/mol. The molecule has 0 aliphatic heterocycles. The molecular weight excluding hydrogens is 296 g/mol. The minimum absolute atomic E-state index is 0.725. The fourth-order valence-corrected chi connectivity index (χ4v) is 3.00. The molecule has 3 aromatic rings. The van der Waals surface area contributed by atoms with E-state index in [0.29, 0.717) is 0 Å². The Morgan fingerprint density at radius 1 is 0.583 bits per heavy atom. The Balaban J connectivity index is 2.18. The first kappa shape index (κ1) is 16.6. The van der Waals surface area contributed by atoms with Gasteiger partial charge in [0.05, 0.1) is 13.2 Å². The molecule has 2 heteroatoms. The van der Waals surface area contributed by atoms with Crippen molar-refractivity contribution in [3.8, 4) is 11.5 Å². The summed E-state index contributed by atoms with van der Waals surface area (Å²) in [5.41, 5.74) is 0. The Morgan fingerprint density at radius 2 is 0.958 bits per heavy atom. The molecule has 0 atom stereocenters. The van der Waals surface area contributed by atoms with Gasteiger partial charge in [-0.3, -0.25) is 0 Å². The average Bonchev–Trinajstić information content (AvgIpc) is 2.63. The summed E-state index contributed by atoms with van der Waals surface area (Å²) < 4.78 is 12.4. The van der Waals surface area contributed by atoms with E-state index in [1.807, 2.05) is 0 Å². The second-order valence-electron chi connectivity index (χ2n) is 6.15. The van der Waals surface area contributed by atoms with Crippen LogP contribution in [-0.4, -0.2) is 13.2 Å². The van der Waals surface area contributed by atoms with Crippen molar-refractivity contribution in [2.45, 2.75) is 39.5 Å². The van der Waals surface area contributed by atoms with Crippen LogP contribution in [0.2, 0.25) is 0 Å². The lowest BCUT2D eigenvalue weighted by Gasteiger charge is -2.18. The molecule has 0 N–H and O–H groups in total. The van der Waals surface area contributed by atoms with Crippen LogP contribution in [0.4, 0.5) is 0 Å². The number of ether oxygens (including phenoxy) is 2. The molecule has 0 saturated carbocycles. The van der Waals surface area contributed by atoms with Crippen LogP contribution >= 0.6 is 0 Å². The Hall–Kier alpha value is -2.22. The van der Waals surface area contributed by atoms with E-state index in [-0.39, 0.29) is 0 Å². The van der Waals surface area contributed by atoms with E-state index in [1.165, 1.54) is 10.8 Å². The molecule has 0 unspecified atom stereocenters. The highest BCUT2D eigenvalue weighted by Gasteiger charge is 2.16. The lowest BCUT2D eigenvalue weighted by atomic mass is 10.00. The third-order valence-corrected chi connectivity index (χ3v) is 4.33. The molecule has 0 heterocycles. The molecule has 0 aromatic heterocycles. The molecule has 0 aliphatic rings. The SMILES string of the molecule is CCCCOc1c(OCCCC)c2ccccc2c2ccccc12. The molecule has 0 fully saturated rings. The maximum absolute atomic E-state index is 6.20. The molecule has 0 radical (unpaired) electrons. The normalized spacial score (nSPS) is 11.1. The molecule has 0 saturated heterocycles. The number of rotatable bonds is 8. The van der Waals surface area contributed by atoms with Gasteiger partial charge in [-0.15, -0.1) is 0 Å². The van der Waals surface area contributed by atoms with Crippen LogP contribution in [0.25, 0.3) is 21.5 Å². The standard InChI is InChI=1S/C22H26O2/c1-3-5-15-23-21-19-13-9-7-11-17(19)18-12-8-10-14-20(18)22(21)24-16-6-4-2/h7-14H,3-6,15-16H2,1-2H3. The minimum Gasteiger partial charge on any atom is -0.489 e. The molecule has 0 spiro atoms. The second kappa shape index (κ2) is 8.05. The van der Waals surface area contributed by atoms with Gasteiger partial charge in [-0.25, -0.2) is 0 Å². The lowest BCUT2D eigenvalue weighted by molar-refractivity contribution is 0.267. The highest BCUT2D eigenvalue weighted by Crippen LogP contribution is 2.43. The first-order valence-electron chi connectivity index (χ1n) is 9.05. The third kappa shape index (κ3) is 3.33. The lowest BCUT2D eigenvalue weighted by Crippen LogP contribution is -2.03. The predicted octanol–water partition coefficient (Wildman–Crippen LogP) is 6.35. The second-order valence-corrected chi connectivity index (χ2v) is 6.15. The Labute approximate surface area is 144 Å². The van der Waals surface area contributed by atoms with Crippen molar-refractivity contribution < 1.29 is 9.47 Å². The molecule has 126 valence electrons. The van der Waals surface area contributed by atoms with E-state index in [9.17, 15) is 0 Å². The van der Waals surface area contributed by atoms with Crippen molar-refractivity contribution in [1.82, 2.24) is 0 Å².